The van der Waals surface area contributed by atoms with Gasteiger partial charge >= 0.3 is 6.09 Å². The lowest BCUT2D eigenvalue weighted by Crippen LogP contribution is -2.41. The first-order valence-corrected chi connectivity index (χ1v) is 13.0. The molecule has 1 fully saturated rings. The second-order valence-corrected chi connectivity index (χ2v) is 9.67. The van der Waals surface area contributed by atoms with Gasteiger partial charge in [-0.1, -0.05) is 35.9 Å². The highest BCUT2D eigenvalue weighted by molar-refractivity contribution is 5.94. The Morgan fingerprint density at radius 1 is 1.14 bits per heavy atom. The summed E-state index contributed by atoms with van der Waals surface area (Å²) in [5.74, 6) is 0.409. The molecule has 8 heteroatoms. The number of benzene rings is 2. The van der Waals surface area contributed by atoms with Crippen molar-refractivity contribution in [2.75, 3.05) is 47.1 Å². The van der Waals surface area contributed by atoms with Gasteiger partial charge in [-0.05, 0) is 74.9 Å². The minimum Gasteiger partial charge on any atom is -0.453 e. The van der Waals surface area contributed by atoms with Crippen LogP contribution in [0.4, 0.5) is 4.79 Å². The number of carbonyl (C=O) groups excluding carboxylic acids is 2. The number of nitrogens with one attached hydrogen (secondary N) is 3. The van der Waals surface area contributed by atoms with Gasteiger partial charge in [0.2, 0.25) is 0 Å². The summed E-state index contributed by atoms with van der Waals surface area (Å²) in [7, 11) is 3.26. The Morgan fingerprint density at radius 3 is 2.68 bits per heavy atom. The molecule has 0 saturated carbocycles. The lowest BCUT2D eigenvalue weighted by molar-refractivity contribution is 0.0478. The number of ether oxygens (including phenoxy) is 3. The lowest BCUT2D eigenvalue weighted by atomic mass is 9.93. The van der Waals surface area contributed by atoms with Crippen LogP contribution in [0.3, 0.4) is 0 Å². The number of carbonyl (C=O) groups is 2. The van der Waals surface area contributed by atoms with E-state index in [4.69, 9.17) is 9.47 Å². The third kappa shape index (κ3) is 8.84. The van der Waals surface area contributed by atoms with E-state index >= 15 is 0 Å². The van der Waals surface area contributed by atoms with Crippen molar-refractivity contribution in [1.29, 1.82) is 0 Å². The molecule has 1 saturated heterocycles. The molecule has 3 rings (SSSR count). The fraction of sp³-hybridized carbons (Fsp3) is 0.517. The Morgan fingerprint density at radius 2 is 1.97 bits per heavy atom. The highest BCUT2D eigenvalue weighted by Gasteiger charge is 2.21. The summed E-state index contributed by atoms with van der Waals surface area (Å²) >= 11 is 0. The van der Waals surface area contributed by atoms with E-state index in [0.717, 1.165) is 48.3 Å². The minimum absolute atomic E-state index is 0.114. The van der Waals surface area contributed by atoms with Crippen molar-refractivity contribution in [3.8, 4) is 0 Å². The average molecular weight is 512 g/mol. The average Bonchev–Trinajstić information content (AvgIpc) is 2.91. The highest BCUT2D eigenvalue weighted by Crippen LogP contribution is 2.30. The van der Waals surface area contributed by atoms with Crippen LogP contribution in [-0.2, 0) is 14.2 Å². The molecule has 202 valence electrons. The number of methoxy groups -OCH3 is 1. The summed E-state index contributed by atoms with van der Waals surface area (Å²) in [6.07, 6.45) is 2.36. The molecule has 0 spiro atoms. The Balaban J connectivity index is 1.72. The third-order valence-corrected chi connectivity index (χ3v) is 6.80. The highest BCUT2D eigenvalue weighted by atomic mass is 16.5. The molecule has 2 amide bonds. The van der Waals surface area contributed by atoms with Crippen molar-refractivity contribution >= 4 is 12.0 Å². The molecule has 2 aromatic carbocycles. The van der Waals surface area contributed by atoms with Crippen LogP contribution < -0.4 is 16.0 Å². The van der Waals surface area contributed by atoms with Gasteiger partial charge in [-0.2, -0.15) is 0 Å². The van der Waals surface area contributed by atoms with Crippen LogP contribution in [0.2, 0.25) is 0 Å². The van der Waals surface area contributed by atoms with Crippen LogP contribution >= 0.6 is 0 Å². The molecule has 3 N–H and O–H groups in total. The molecule has 8 nitrogen and oxygen atoms in total. The maximum atomic E-state index is 13.1. The number of amides is 2. The zero-order valence-corrected chi connectivity index (χ0v) is 22.5. The third-order valence-electron chi connectivity index (χ3n) is 6.80. The van der Waals surface area contributed by atoms with Gasteiger partial charge in [-0.3, -0.25) is 4.79 Å². The molecule has 0 aliphatic carbocycles. The predicted octanol–water partition coefficient (Wildman–Crippen LogP) is 3.90. The van der Waals surface area contributed by atoms with Crippen molar-refractivity contribution in [1.82, 2.24) is 16.0 Å². The number of rotatable bonds is 12. The molecule has 1 aliphatic rings. The standard InChI is InChI=1S/C29H41N3O5/c1-20-7-5-9-23(15-20)27(37-14-12-31-29(34)35-4)26-17-24(11-10-21(26)2)28(33)32-18-25(30-3)16-22-8-6-13-36-19-22/h5,7,9-11,15,17,22,25,27,30H,6,8,12-14,16,18-19H2,1-4H3,(H,31,34)(H,32,33)/t22-,25+,27?/m1/s1. The first-order valence-electron chi connectivity index (χ1n) is 13.0. The van der Waals surface area contributed by atoms with Crippen molar-refractivity contribution in [2.45, 2.75) is 45.3 Å². The summed E-state index contributed by atoms with van der Waals surface area (Å²) in [5.41, 5.74) is 4.64. The monoisotopic (exact) mass is 511 g/mol. The van der Waals surface area contributed by atoms with Crippen molar-refractivity contribution in [3.05, 3.63) is 70.3 Å². The molecule has 1 aliphatic heterocycles. The predicted molar refractivity (Wildman–Crippen MR) is 144 cm³/mol. The topological polar surface area (TPSA) is 97.9 Å². The molecule has 37 heavy (non-hydrogen) atoms. The van der Waals surface area contributed by atoms with E-state index in [1.165, 1.54) is 13.5 Å². The smallest absolute Gasteiger partial charge is 0.406 e. The lowest BCUT2D eigenvalue weighted by Gasteiger charge is -2.26. The van der Waals surface area contributed by atoms with Gasteiger partial charge in [0.1, 0.15) is 6.10 Å². The van der Waals surface area contributed by atoms with Gasteiger partial charge in [0, 0.05) is 37.9 Å². The number of hydrogen-bond donors (Lipinski definition) is 3. The van der Waals surface area contributed by atoms with Crippen LogP contribution in [0.5, 0.6) is 0 Å². The Hall–Kier alpha value is -2.94. The minimum atomic E-state index is -0.499. The maximum absolute atomic E-state index is 13.1. The molecule has 0 aromatic heterocycles. The summed E-state index contributed by atoms with van der Waals surface area (Å²) in [4.78, 5) is 24.6. The van der Waals surface area contributed by atoms with Crippen LogP contribution in [0.1, 0.15) is 58.0 Å². The van der Waals surface area contributed by atoms with Crippen LogP contribution in [0, 0.1) is 19.8 Å². The van der Waals surface area contributed by atoms with Gasteiger partial charge in [0.05, 0.1) is 13.7 Å². The number of hydrogen-bond acceptors (Lipinski definition) is 6. The van der Waals surface area contributed by atoms with Gasteiger partial charge in [0.15, 0.2) is 0 Å². The molecular formula is C29H41N3O5. The number of alkyl carbamates (subject to hydrolysis) is 1. The van der Waals surface area contributed by atoms with E-state index < -0.39 is 6.09 Å². The molecule has 0 bridgehead atoms. The first kappa shape index (κ1) is 28.6. The van der Waals surface area contributed by atoms with E-state index in [0.29, 0.717) is 24.6 Å². The van der Waals surface area contributed by atoms with Crippen LogP contribution in [-0.4, -0.2) is 65.1 Å². The normalized spacial score (nSPS) is 17.0. The fourth-order valence-electron chi connectivity index (χ4n) is 4.68. The summed E-state index contributed by atoms with van der Waals surface area (Å²) in [6, 6.07) is 14.0. The van der Waals surface area contributed by atoms with Gasteiger partial charge in [-0.15, -0.1) is 0 Å². The first-order chi connectivity index (χ1) is 17.9. The van der Waals surface area contributed by atoms with Gasteiger partial charge < -0.3 is 30.2 Å². The number of likely N-dealkylation sites (N-methyl/N-ethyl adjacent to an activating group) is 1. The molecular weight excluding hydrogens is 470 g/mol. The Bertz CT molecular complexity index is 1020. The summed E-state index contributed by atoms with van der Waals surface area (Å²) in [5, 5.41) is 9.08. The van der Waals surface area contributed by atoms with Crippen LogP contribution in [0.25, 0.3) is 0 Å². The SMILES string of the molecule is CN[C@H](CNC(=O)c1ccc(C)c(C(OCCNC(=O)OC)c2cccc(C)c2)c1)C[C@H]1CCCOC1. The Labute approximate surface area is 220 Å². The number of aryl methyl sites for hydroxylation is 2. The zero-order valence-electron chi connectivity index (χ0n) is 22.5. The van der Waals surface area contributed by atoms with Crippen molar-refractivity contribution in [3.63, 3.8) is 0 Å². The van der Waals surface area contributed by atoms with E-state index in [1.807, 2.05) is 57.3 Å². The summed E-state index contributed by atoms with van der Waals surface area (Å²) < 4.78 is 16.5. The van der Waals surface area contributed by atoms with Gasteiger partial charge in [-0.25, -0.2) is 4.79 Å². The largest absolute Gasteiger partial charge is 0.453 e. The molecule has 0 radical (unpaired) electrons. The van der Waals surface area contributed by atoms with E-state index in [2.05, 4.69) is 26.8 Å². The molecule has 2 aromatic rings. The molecule has 1 heterocycles. The van der Waals surface area contributed by atoms with Gasteiger partial charge in [0.25, 0.3) is 5.91 Å². The quantitative estimate of drug-likeness (QED) is 0.374. The van der Waals surface area contributed by atoms with E-state index in [9.17, 15) is 9.59 Å². The zero-order chi connectivity index (χ0) is 26.6. The summed E-state index contributed by atoms with van der Waals surface area (Å²) in [6.45, 7) is 6.84. The Kier molecular flexibility index (Phi) is 11.4. The van der Waals surface area contributed by atoms with E-state index in [1.54, 1.807) is 0 Å². The second kappa shape index (κ2) is 14.7. The fourth-order valence-corrected chi connectivity index (χ4v) is 4.68. The molecule has 3 atom stereocenters. The molecule has 1 unspecified atom stereocenters. The van der Waals surface area contributed by atoms with Crippen molar-refractivity contribution < 1.29 is 23.8 Å². The van der Waals surface area contributed by atoms with Crippen molar-refractivity contribution in [2.24, 2.45) is 5.92 Å². The maximum Gasteiger partial charge on any atom is 0.406 e. The van der Waals surface area contributed by atoms with E-state index in [-0.39, 0.29) is 24.7 Å². The second-order valence-electron chi connectivity index (χ2n) is 9.67. The van der Waals surface area contributed by atoms with Crippen LogP contribution in [0.15, 0.2) is 42.5 Å².